The average molecular weight is 332 g/mol. The maximum absolute atomic E-state index is 12.9. The second kappa shape index (κ2) is 6.56. The number of nitrogens with zero attached hydrogens (tertiary/aromatic N) is 2. The van der Waals surface area contributed by atoms with Gasteiger partial charge in [-0.15, -0.1) is 0 Å². The van der Waals surface area contributed by atoms with Crippen LogP contribution in [0.25, 0.3) is 0 Å². The van der Waals surface area contributed by atoms with Crippen molar-refractivity contribution < 1.29 is 9.59 Å². The highest BCUT2D eigenvalue weighted by atomic mass is 32.2. The number of carbonyl (C=O) groups excluding carboxylic acids is 2. The van der Waals surface area contributed by atoms with Gasteiger partial charge in [0, 0.05) is 48.3 Å². The van der Waals surface area contributed by atoms with E-state index < -0.39 is 0 Å². The van der Waals surface area contributed by atoms with Gasteiger partial charge in [-0.2, -0.15) is 11.8 Å². The highest BCUT2D eigenvalue weighted by molar-refractivity contribution is 8.00. The molecule has 0 aliphatic carbocycles. The molecule has 1 aromatic rings. The quantitative estimate of drug-likeness (QED) is 0.794. The van der Waals surface area contributed by atoms with E-state index in [1.807, 2.05) is 39.8 Å². The first-order chi connectivity index (χ1) is 11.0. The maximum atomic E-state index is 12.9. The molecule has 2 atom stereocenters. The lowest BCUT2D eigenvalue weighted by Crippen LogP contribution is -2.48. The highest BCUT2D eigenvalue weighted by Crippen LogP contribution is 2.30. The van der Waals surface area contributed by atoms with Crippen molar-refractivity contribution in [3.05, 3.63) is 29.3 Å². The van der Waals surface area contributed by atoms with Gasteiger partial charge in [-0.05, 0) is 43.5 Å². The Kier molecular flexibility index (Phi) is 4.67. The molecule has 124 valence electrons. The number of hydrogen-bond donors (Lipinski definition) is 0. The Morgan fingerprint density at radius 3 is 2.74 bits per heavy atom. The summed E-state index contributed by atoms with van der Waals surface area (Å²) >= 11 is 1.93. The van der Waals surface area contributed by atoms with Gasteiger partial charge in [0.25, 0.3) is 5.91 Å². The van der Waals surface area contributed by atoms with Gasteiger partial charge in [0.05, 0.1) is 0 Å². The molecule has 2 aliphatic rings. The van der Waals surface area contributed by atoms with Gasteiger partial charge in [0.2, 0.25) is 5.91 Å². The van der Waals surface area contributed by atoms with Gasteiger partial charge in [0.1, 0.15) is 0 Å². The molecule has 0 radical (unpaired) electrons. The van der Waals surface area contributed by atoms with Crippen LogP contribution in [0.3, 0.4) is 0 Å². The van der Waals surface area contributed by atoms with Crippen LogP contribution in [0.4, 0.5) is 5.69 Å². The largest absolute Gasteiger partial charge is 0.334 e. The molecule has 2 unspecified atom stereocenters. The Labute approximate surface area is 142 Å². The summed E-state index contributed by atoms with van der Waals surface area (Å²) in [6.45, 7) is 7.50. The predicted molar refractivity (Wildman–Crippen MR) is 95.2 cm³/mol. The predicted octanol–water partition coefficient (Wildman–Crippen LogP) is 2.95. The first-order valence-corrected chi connectivity index (χ1v) is 9.37. The zero-order valence-electron chi connectivity index (χ0n) is 14.0. The molecule has 4 nitrogen and oxygen atoms in total. The summed E-state index contributed by atoms with van der Waals surface area (Å²) in [6.07, 6.45) is 1.89. The van der Waals surface area contributed by atoms with Gasteiger partial charge in [0.15, 0.2) is 0 Å². The van der Waals surface area contributed by atoms with Crippen LogP contribution < -0.4 is 4.90 Å². The number of aryl methyl sites for hydroxylation is 1. The smallest absolute Gasteiger partial charge is 0.254 e. The fourth-order valence-corrected chi connectivity index (χ4v) is 4.54. The van der Waals surface area contributed by atoms with E-state index >= 15 is 0 Å². The topological polar surface area (TPSA) is 40.6 Å². The Balaban J connectivity index is 1.87. The van der Waals surface area contributed by atoms with E-state index in [-0.39, 0.29) is 17.9 Å². The fourth-order valence-electron chi connectivity index (χ4n) is 3.44. The minimum atomic E-state index is 0.0699. The molecule has 5 heteroatoms. The molecule has 1 saturated heterocycles. The number of thioether (sulfide) groups is 1. The van der Waals surface area contributed by atoms with Crippen LogP contribution in [0.1, 0.15) is 43.1 Å². The SMILES string of the molecule is CC(=O)N1CCCc2cc(C(=O)N3CCSC(C)C3C)ccc21. The van der Waals surface area contributed by atoms with Crippen LogP contribution in [-0.2, 0) is 11.2 Å². The fraction of sp³-hybridized carbons (Fsp3) is 0.556. The Morgan fingerprint density at radius 2 is 2.00 bits per heavy atom. The molecule has 2 heterocycles. The van der Waals surface area contributed by atoms with Crippen LogP contribution in [0, 0.1) is 0 Å². The van der Waals surface area contributed by atoms with Crippen molar-refractivity contribution in [3.8, 4) is 0 Å². The van der Waals surface area contributed by atoms with E-state index in [1.54, 1.807) is 6.92 Å². The number of amides is 2. The second-order valence-electron chi connectivity index (χ2n) is 6.43. The van der Waals surface area contributed by atoms with Crippen molar-refractivity contribution in [1.82, 2.24) is 4.90 Å². The van der Waals surface area contributed by atoms with Crippen molar-refractivity contribution >= 4 is 29.3 Å². The van der Waals surface area contributed by atoms with Crippen LogP contribution in [-0.4, -0.2) is 46.8 Å². The summed E-state index contributed by atoms with van der Waals surface area (Å²) in [4.78, 5) is 28.5. The van der Waals surface area contributed by atoms with Gasteiger partial charge < -0.3 is 9.80 Å². The van der Waals surface area contributed by atoms with Crippen LogP contribution >= 0.6 is 11.8 Å². The molecule has 0 spiro atoms. The van der Waals surface area contributed by atoms with Crippen molar-refractivity contribution in [3.63, 3.8) is 0 Å². The number of carbonyl (C=O) groups is 2. The molecule has 3 rings (SSSR count). The van der Waals surface area contributed by atoms with E-state index in [9.17, 15) is 9.59 Å². The molecule has 0 aromatic heterocycles. The van der Waals surface area contributed by atoms with Gasteiger partial charge >= 0.3 is 0 Å². The summed E-state index contributed by atoms with van der Waals surface area (Å²) in [5.41, 5.74) is 2.83. The molecular weight excluding hydrogens is 308 g/mol. The zero-order chi connectivity index (χ0) is 16.6. The molecule has 0 bridgehead atoms. The molecule has 1 fully saturated rings. The lowest BCUT2D eigenvalue weighted by atomic mass is 9.98. The normalized spacial score (nSPS) is 24.3. The molecule has 23 heavy (non-hydrogen) atoms. The van der Waals surface area contributed by atoms with Crippen molar-refractivity contribution in [2.24, 2.45) is 0 Å². The highest BCUT2D eigenvalue weighted by Gasteiger charge is 2.30. The standard InChI is InChI=1S/C18H24N2O2S/c1-12-13(2)23-10-9-19(12)18(22)16-6-7-17-15(11-16)5-4-8-20(17)14(3)21/h6-7,11-13H,4-5,8-10H2,1-3H3. The number of rotatable bonds is 1. The van der Waals surface area contributed by atoms with E-state index in [4.69, 9.17) is 0 Å². The number of hydrogen-bond acceptors (Lipinski definition) is 3. The molecular formula is C18H24N2O2S. The summed E-state index contributed by atoms with van der Waals surface area (Å²) in [7, 11) is 0. The molecule has 2 aliphatic heterocycles. The zero-order valence-corrected chi connectivity index (χ0v) is 14.9. The molecule has 2 amide bonds. The van der Waals surface area contributed by atoms with E-state index in [1.165, 1.54) is 0 Å². The van der Waals surface area contributed by atoms with Crippen LogP contribution in [0.15, 0.2) is 18.2 Å². The monoisotopic (exact) mass is 332 g/mol. The third-order valence-corrected chi connectivity index (χ3v) is 6.31. The van der Waals surface area contributed by atoms with Crippen molar-refractivity contribution in [2.45, 2.75) is 44.9 Å². The van der Waals surface area contributed by atoms with Crippen molar-refractivity contribution in [1.29, 1.82) is 0 Å². The maximum Gasteiger partial charge on any atom is 0.254 e. The number of benzene rings is 1. The van der Waals surface area contributed by atoms with Gasteiger partial charge in [-0.1, -0.05) is 6.92 Å². The van der Waals surface area contributed by atoms with Crippen LogP contribution in [0.2, 0.25) is 0 Å². The van der Waals surface area contributed by atoms with E-state index in [2.05, 4.69) is 13.8 Å². The van der Waals surface area contributed by atoms with Gasteiger partial charge in [-0.25, -0.2) is 0 Å². The minimum absolute atomic E-state index is 0.0699. The lowest BCUT2D eigenvalue weighted by molar-refractivity contribution is -0.116. The lowest BCUT2D eigenvalue weighted by Gasteiger charge is -2.37. The molecule has 0 saturated carbocycles. The van der Waals surface area contributed by atoms with Crippen LogP contribution in [0.5, 0.6) is 0 Å². The van der Waals surface area contributed by atoms with Crippen molar-refractivity contribution in [2.75, 3.05) is 23.7 Å². The second-order valence-corrected chi connectivity index (χ2v) is 7.92. The third-order valence-electron chi connectivity index (χ3n) is 4.97. The third kappa shape index (κ3) is 3.11. The Hall–Kier alpha value is -1.49. The average Bonchev–Trinajstić information content (AvgIpc) is 2.55. The summed E-state index contributed by atoms with van der Waals surface area (Å²) < 4.78 is 0. The summed E-state index contributed by atoms with van der Waals surface area (Å²) in [6, 6.07) is 6.06. The van der Waals surface area contributed by atoms with E-state index in [0.29, 0.717) is 5.25 Å². The Bertz CT molecular complexity index is 631. The molecule has 0 N–H and O–H groups in total. The Morgan fingerprint density at radius 1 is 1.22 bits per heavy atom. The summed E-state index contributed by atoms with van der Waals surface area (Å²) in [5.74, 6) is 1.19. The van der Waals surface area contributed by atoms with E-state index in [0.717, 1.165) is 48.5 Å². The minimum Gasteiger partial charge on any atom is -0.334 e. The number of fused-ring (bicyclic) bond motifs is 1. The molecule has 1 aromatic carbocycles. The van der Waals surface area contributed by atoms with Gasteiger partial charge in [-0.3, -0.25) is 9.59 Å². The number of anilines is 1. The summed E-state index contributed by atoms with van der Waals surface area (Å²) in [5, 5.41) is 0.471. The first kappa shape index (κ1) is 16.4. The first-order valence-electron chi connectivity index (χ1n) is 8.32.